The molecule has 2 N–H and O–H groups in total. The minimum Gasteiger partial charge on any atom is -0.378 e. The minimum atomic E-state index is -0.0118. The number of likely N-dealkylation sites (N-methyl/N-ethyl adjacent to an activating group) is 1. The number of nitrogens with one attached hydrogen (secondary N) is 2. The molecule has 0 spiro atoms. The molecule has 66 valence electrons. The zero-order valence-electron chi connectivity index (χ0n) is 7.14. The monoisotopic (exact) mass is 160 g/mol. The predicted molar refractivity (Wildman–Crippen MR) is 43.4 cm³/mol. The number of hydrogen-bond acceptors (Lipinski definition) is 3. The lowest BCUT2D eigenvalue weighted by Gasteiger charge is -2.03. The number of hydrogen-bond donors (Lipinski definition) is 2. The van der Waals surface area contributed by atoms with Crippen molar-refractivity contribution >= 4 is 5.91 Å². The Morgan fingerprint density at radius 3 is 2.55 bits per heavy atom. The highest BCUT2D eigenvalue weighted by Crippen LogP contribution is 1.71. The molecule has 1 amide bonds. The highest BCUT2D eigenvalue weighted by molar-refractivity contribution is 5.72. The van der Waals surface area contributed by atoms with Crippen LogP contribution in [-0.4, -0.2) is 39.3 Å². The number of amides is 1. The summed E-state index contributed by atoms with van der Waals surface area (Å²) >= 11 is 0. The molecule has 0 unspecified atom stereocenters. The molecule has 4 nitrogen and oxygen atoms in total. The second-order valence-corrected chi connectivity index (χ2v) is 2.20. The standard InChI is InChI=1S/C7H16N2O2/c1-7(10)9-4-6-11-5-3-8-2/h8H,3-6H2,1-2H3,(H,9,10). The molecule has 0 aromatic heterocycles. The van der Waals surface area contributed by atoms with Crippen molar-refractivity contribution in [2.45, 2.75) is 6.92 Å². The van der Waals surface area contributed by atoms with Gasteiger partial charge in [0.05, 0.1) is 13.2 Å². The van der Waals surface area contributed by atoms with Crippen molar-refractivity contribution < 1.29 is 9.53 Å². The van der Waals surface area contributed by atoms with E-state index in [-0.39, 0.29) is 5.91 Å². The second kappa shape index (κ2) is 7.50. The van der Waals surface area contributed by atoms with Crippen LogP contribution in [0.3, 0.4) is 0 Å². The molecular formula is C7H16N2O2. The van der Waals surface area contributed by atoms with E-state index in [2.05, 4.69) is 10.6 Å². The Labute approximate surface area is 67.3 Å². The number of carbonyl (C=O) groups excluding carboxylic acids is 1. The van der Waals surface area contributed by atoms with Crippen molar-refractivity contribution in [1.29, 1.82) is 0 Å². The largest absolute Gasteiger partial charge is 0.378 e. The van der Waals surface area contributed by atoms with Crippen LogP contribution in [0.5, 0.6) is 0 Å². The fourth-order valence-electron chi connectivity index (χ4n) is 0.576. The van der Waals surface area contributed by atoms with Gasteiger partial charge in [-0.3, -0.25) is 4.79 Å². The molecule has 0 aromatic rings. The van der Waals surface area contributed by atoms with E-state index in [1.165, 1.54) is 6.92 Å². The first-order valence-corrected chi connectivity index (χ1v) is 3.74. The summed E-state index contributed by atoms with van der Waals surface area (Å²) in [6.07, 6.45) is 0. The van der Waals surface area contributed by atoms with Crippen LogP contribution >= 0.6 is 0 Å². The summed E-state index contributed by atoms with van der Waals surface area (Å²) in [5.74, 6) is -0.0118. The van der Waals surface area contributed by atoms with Gasteiger partial charge in [0, 0.05) is 20.0 Å². The molecule has 0 aliphatic rings. The summed E-state index contributed by atoms with van der Waals surface area (Å²) in [6, 6.07) is 0. The lowest BCUT2D eigenvalue weighted by Crippen LogP contribution is -2.25. The molecule has 0 saturated heterocycles. The topological polar surface area (TPSA) is 50.4 Å². The summed E-state index contributed by atoms with van der Waals surface area (Å²) in [5.41, 5.74) is 0. The molecule has 0 aromatic carbocycles. The van der Waals surface area contributed by atoms with Crippen LogP contribution in [0.1, 0.15) is 6.92 Å². The molecule has 4 heteroatoms. The third kappa shape index (κ3) is 9.39. The zero-order valence-corrected chi connectivity index (χ0v) is 7.14. The van der Waals surface area contributed by atoms with E-state index in [4.69, 9.17) is 4.74 Å². The molecular weight excluding hydrogens is 144 g/mol. The van der Waals surface area contributed by atoms with E-state index < -0.39 is 0 Å². The van der Waals surface area contributed by atoms with E-state index in [0.29, 0.717) is 19.8 Å². The van der Waals surface area contributed by atoms with Gasteiger partial charge in [0.15, 0.2) is 0 Å². The SMILES string of the molecule is CNCCOCCNC(C)=O. The van der Waals surface area contributed by atoms with Crippen LogP contribution in [0.15, 0.2) is 0 Å². The maximum atomic E-state index is 10.4. The van der Waals surface area contributed by atoms with Crippen LogP contribution < -0.4 is 10.6 Å². The average molecular weight is 160 g/mol. The van der Waals surface area contributed by atoms with Crippen LogP contribution in [0.2, 0.25) is 0 Å². The second-order valence-electron chi connectivity index (χ2n) is 2.20. The molecule has 11 heavy (non-hydrogen) atoms. The molecule has 0 bridgehead atoms. The van der Waals surface area contributed by atoms with Crippen LogP contribution in [0.25, 0.3) is 0 Å². The van der Waals surface area contributed by atoms with Crippen molar-refractivity contribution in [3.63, 3.8) is 0 Å². The van der Waals surface area contributed by atoms with E-state index in [1.807, 2.05) is 7.05 Å². The van der Waals surface area contributed by atoms with Gasteiger partial charge in [-0.25, -0.2) is 0 Å². The number of carbonyl (C=O) groups is 1. The van der Waals surface area contributed by atoms with Gasteiger partial charge in [0.2, 0.25) is 5.91 Å². The molecule has 0 radical (unpaired) electrons. The zero-order chi connectivity index (χ0) is 8.53. The molecule has 0 aliphatic heterocycles. The van der Waals surface area contributed by atoms with Crippen molar-refractivity contribution in [3.8, 4) is 0 Å². The molecule has 0 saturated carbocycles. The van der Waals surface area contributed by atoms with E-state index in [1.54, 1.807) is 0 Å². The maximum absolute atomic E-state index is 10.4. The van der Waals surface area contributed by atoms with Crippen LogP contribution in [0.4, 0.5) is 0 Å². The summed E-state index contributed by atoms with van der Waals surface area (Å²) in [7, 11) is 1.87. The summed E-state index contributed by atoms with van der Waals surface area (Å²) in [5, 5.41) is 5.59. The van der Waals surface area contributed by atoms with Gasteiger partial charge in [-0.2, -0.15) is 0 Å². The normalized spacial score (nSPS) is 9.64. The Balaban J connectivity index is 2.85. The minimum absolute atomic E-state index is 0.0118. The first-order valence-electron chi connectivity index (χ1n) is 3.74. The maximum Gasteiger partial charge on any atom is 0.216 e. The Morgan fingerprint density at radius 1 is 1.36 bits per heavy atom. The average Bonchev–Trinajstić information content (AvgIpc) is 1.96. The first-order chi connectivity index (χ1) is 5.27. The summed E-state index contributed by atoms with van der Waals surface area (Å²) < 4.78 is 5.15. The van der Waals surface area contributed by atoms with Gasteiger partial charge in [0.25, 0.3) is 0 Å². The number of rotatable bonds is 6. The van der Waals surface area contributed by atoms with Gasteiger partial charge >= 0.3 is 0 Å². The first kappa shape index (κ1) is 10.4. The van der Waals surface area contributed by atoms with Gasteiger partial charge in [0.1, 0.15) is 0 Å². The quantitative estimate of drug-likeness (QED) is 0.508. The van der Waals surface area contributed by atoms with E-state index in [9.17, 15) is 4.79 Å². The Morgan fingerprint density at radius 2 is 2.00 bits per heavy atom. The Hall–Kier alpha value is -0.610. The summed E-state index contributed by atoms with van der Waals surface area (Å²) in [6.45, 7) is 4.21. The smallest absolute Gasteiger partial charge is 0.216 e. The van der Waals surface area contributed by atoms with Crippen molar-refractivity contribution in [2.75, 3.05) is 33.4 Å². The van der Waals surface area contributed by atoms with E-state index in [0.717, 1.165) is 6.54 Å². The van der Waals surface area contributed by atoms with Gasteiger partial charge in [-0.15, -0.1) is 0 Å². The fourth-order valence-corrected chi connectivity index (χ4v) is 0.576. The lowest BCUT2D eigenvalue weighted by atomic mass is 10.6. The van der Waals surface area contributed by atoms with Crippen LogP contribution in [-0.2, 0) is 9.53 Å². The highest BCUT2D eigenvalue weighted by Gasteiger charge is 1.89. The Kier molecular flexibility index (Phi) is 7.08. The van der Waals surface area contributed by atoms with Gasteiger partial charge < -0.3 is 15.4 Å². The van der Waals surface area contributed by atoms with E-state index >= 15 is 0 Å². The molecule has 0 fully saturated rings. The fraction of sp³-hybridized carbons (Fsp3) is 0.857. The van der Waals surface area contributed by atoms with Gasteiger partial charge in [-0.1, -0.05) is 0 Å². The van der Waals surface area contributed by atoms with Crippen molar-refractivity contribution in [2.24, 2.45) is 0 Å². The molecule has 0 aliphatic carbocycles. The number of ether oxygens (including phenoxy) is 1. The predicted octanol–water partition coefficient (Wildman–Crippen LogP) is -0.642. The molecule has 0 heterocycles. The third-order valence-corrected chi connectivity index (χ3v) is 1.12. The molecule has 0 rings (SSSR count). The van der Waals surface area contributed by atoms with Crippen molar-refractivity contribution in [3.05, 3.63) is 0 Å². The summed E-state index contributed by atoms with van der Waals surface area (Å²) in [4.78, 5) is 10.4. The van der Waals surface area contributed by atoms with Crippen molar-refractivity contribution in [1.82, 2.24) is 10.6 Å². The lowest BCUT2D eigenvalue weighted by molar-refractivity contribution is -0.119. The van der Waals surface area contributed by atoms with Crippen LogP contribution in [0, 0.1) is 0 Å². The Bertz CT molecular complexity index is 107. The molecule has 0 atom stereocenters. The van der Waals surface area contributed by atoms with Gasteiger partial charge in [-0.05, 0) is 7.05 Å². The third-order valence-electron chi connectivity index (χ3n) is 1.12. The highest BCUT2D eigenvalue weighted by atomic mass is 16.5.